The number of benzene rings is 1. The maximum Gasteiger partial charge on any atom is 0.425 e. The molecular weight excluding hydrogens is 391 g/mol. The predicted molar refractivity (Wildman–Crippen MR) is 98.7 cm³/mol. The third-order valence-corrected chi connectivity index (χ3v) is 4.26. The molecule has 4 N–H and O–H groups in total. The number of halogens is 3. The van der Waals surface area contributed by atoms with Gasteiger partial charge in [0.2, 0.25) is 11.5 Å². The number of hydrogen-bond acceptors (Lipinski definition) is 5. The van der Waals surface area contributed by atoms with Gasteiger partial charge in [0, 0.05) is 5.69 Å². The molecule has 1 aromatic carbocycles. The van der Waals surface area contributed by atoms with E-state index in [1.807, 2.05) is 43.8 Å². The minimum atomic E-state index is -5.16. The summed E-state index contributed by atoms with van der Waals surface area (Å²) in [6.45, 7) is 5.47. The van der Waals surface area contributed by atoms with Crippen LogP contribution in [0.1, 0.15) is 28.9 Å². The van der Waals surface area contributed by atoms with Gasteiger partial charge in [0.15, 0.2) is 0 Å². The molecule has 0 aliphatic rings. The van der Waals surface area contributed by atoms with E-state index in [2.05, 4.69) is 9.73 Å². The minimum absolute atomic E-state index is 0.216. The molecule has 29 heavy (non-hydrogen) atoms. The molecule has 7 nitrogen and oxygen atoms in total. The molecule has 10 heteroatoms. The number of anilines is 1. The molecule has 2 amide bonds. The van der Waals surface area contributed by atoms with E-state index in [0.717, 1.165) is 40.8 Å². The first-order valence-corrected chi connectivity index (χ1v) is 8.66. The van der Waals surface area contributed by atoms with Crippen LogP contribution in [-0.2, 0) is 15.2 Å². The number of aliphatic hydroxyl groups is 1. The van der Waals surface area contributed by atoms with Crippen molar-refractivity contribution in [3.05, 3.63) is 53.0 Å². The summed E-state index contributed by atoms with van der Waals surface area (Å²) in [5.41, 5.74) is 4.03. The predicted octanol–water partition coefficient (Wildman–Crippen LogP) is 2.60. The maximum absolute atomic E-state index is 13.3. The zero-order valence-electron chi connectivity index (χ0n) is 16.1. The first-order chi connectivity index (χ1) is 13.4. The second-order valence-corrected chi connectivity index (χ2v) is 6.74. The number of carbonyl (C=O) groups is 2. The Kier molecular flexibility index (Phi) is 6.58. The van der Waals surface area contributed by atoms with Crippen molar-refractivity contribution < 1.29 is 32.3 Å². The summed E-state index contributed by atoms with van der Waals surface area (Å²) >= 11 is 0. The van der Waals surface area contributed by atoms with Crippen LogP contribution in [0, 0.1) is 20.8 Å². The second-order valence-electron chi connectivity index (χ2n) is 6.74. The Labute approximate surface area is 165 Å². The lowest BCUT2D eigenvalue weighted by molar-refractivity contribution is -0.273. The van der Waals surface area contributed by atoms with E-state index < -0.39 is 35.8 Å². The topological polar surface area (TPSA) is 104 Å². The van der Waals surface area contributed by atoms with Crippen LogP contribution in [0.15, 0.2) is 34.9 Å². The van der Waals surface area contributed by atoms with Gasteiger partial charge in [0.1, 0.15) is 5.76 Å². The Morgan fingerprint density at radius 1 is 1.07 bits per heavy atom. The third-order valence-electron chi connectivity index (χ3n) is 4.26. The fourth-order valence-corrected chi connectivity index (χ4v) is 2.93. The molecule has 0 saturated carbocycles. The Hall–Kier alpha value is -3.01. The quantitative estimate of drug-likeness (QED) is 0.545. The van der Waals surface area contributed by atoms with Gasteiger partial charge < -0.3 is 14.8 Å². The van der Waals surface area contributed by atoms with Crippen LogP contribution in [0.5, 0.6) is 0 Å². The molecule has 0 radical (unpaired) electrons. The highest BCUT2D eigenvalue weighted by atomic mass is 19.4. The molecule has 0 fully saturated rings. The van der Waals surface area contributed by atoms with Crippen LogP contribution in [0.4, 0.5) is 18.9 Å². The van der Waals surface area contributed by atoms with Gasteiger partial charge in [-0.05, 0) is 44.0 Å². The molecule has 1 aromatic heterocycles. The van der Waals surface area contributed by atoms with Crippen LogP contribution < -0.4 is 16.2 Å². The molecule has 1 heterocycles. The number of nitrogens with one attached hydrogen (secondary N) is 3. The van der Waals surface area contributed by atoms with E-state index in [-0.39, 0.29) is 6.54 Å². The van der Waals surface area contributed by atoms with Crippen molar-refractivity contribution in [3.63, 3.8) is 0 Å². The van der Waals surface area contributed by atoms with Gasteiger partial charge in [0.05, 0.1) is 19.2 Å². The van der Waals surface area contributed by atoms with E-state index in [1.165, 1.54) is 0 Å². The molecule has 1 atom stereocenters. The standard InChI is InChI=1S/C19H22F3N3O4/c1-11-7-12(2)17(13(3)8-11)23-10-16(27)25-24-15(26)9-18(28,19(20,21)22)14-5-4-6-29-14/h4-8,23,28H,9-10H2,1-3H3,(H,24,26)(H,25,27). The zero-order valence-corrected chi connectivity index (χ0v) is 16.1. The van der Waals surface area contributed by atoms with Gasteiger partial charge in [-0.2, -0.15) is 13.2 Å². The molecule has 0 aliphatic carbocycles. The number of carbonyl (C=O) groups excluding carboxylic acids is 2. The molecule has 0 saturated heterocycles. The summed E-state index contributed by atoms with van der Waals surface area (Å²) in [6, 6.07) is 5.94. The first-order valence-electron chi connectivity index (χ1n) is 8.66. The molecule has 158 valence electrons. The van der Waals surface area contributed by atoms with E-state index in [0.29, 0.717) is 0 Å². The summed E-state index contributed by atoms with van der Waals surface area (Å²) in [5, 5.41) is 12.9. The van der Waals surface area contributed by atoms with Gasteiger partial charge >= 0.3 is 6.18 Å². The lowest BCUT2D eigenvalue weighted by atomic mass is 9.95. The SMILES string of the molecule is Cc1cc(C)c(NCC(=O)NNC(=O)CC(O)(c2ccco2)C(F)(F)F)c(C)c1. The van der Waals surface area contributed by atoms with Gasteiger partial charge in [-0.3, -0.25) is 20.4 Å². The van der Waals surface area contributed by atoms with Gasteiger partial charge in [-0.15, -0.1) is 0 Å². The molecule has 2 rings (SSSR count). The average molecular weight is 413 g/mol. The summed E-state index contributed by atoms with van der Waals surface area (Å²) in [4.78, 5) is 23.8. The normalized spacial score (nSPS) is 13.5. The number of amides is 2. The van der Waals surface area contributed by atoms with Crippen molar-refractivity contribution in [2.45, 2.75) is 39.0 Å². The Morgan fingerprint density at radius 2 is 1.66 bits per heavy atom. The van der Waals surface area contributed by atoms with Crippen molar-refractivity contribution in [3.8, 4) is 0 Å². The summed E-state index contributed by atoms with van der Waals surface area (Å²) in [5.74, 6) is -2.73. The van der Waals surface area contributed by atoms with Gasteiger partial charge in [0.25, 0.3) is 5.91 Å². The van der Waals surface area contributed by atoms with Crippen LogP contribution in [0.2, 0.25) is 0 Å². The Morgan fingerprint density at radius 3 is 2.17 bits per heavy atom. The number of hydrogen-bond donors (Lipinski definition) is 4. The lowest BCUT2D eigenvalue weighted by Gasteiger charge is -2.27. The molecular formula is C19H22F3N3O4. The molecule has 0 spiro atoms. The van der Waals surface area contributed by atoms with Crippen molar-refractivity contribution in [1.82, 2.24) is 10.9 Å². The van der Waals surface area contributed by atoms with Crippen molar-refractivity contribution >= 4 is 17.5 Å². The van der Waals surface area contributed by atoms with Crippen LogP contribution in [-0.4, -0.2) is 29.6 Å². The second kappa shape index (κ2) is 8.56. The smallest absolute Gasteiger partial charge is 0.425 e. The Bertz CT molecular complexity index is 858. The monoisotopic (exact) mass is 413 g/mol. The fraction of sp³-hybridized carbons (Fsp3) is 0.368. The molecule has 0 aliphatic heterocycles. The number of aryl methyl sites for hydroxylation is 3. The molecule has 2 aromatic rings. The number of hydrazine groups is 1. The molecule has 1 unspecified atom stereocenters. The third kappa shape index (κ3) is 5.29. The molecule has 0 bridgehead atoms. The fourth-order valence-electron chi connectivity index (χ4n) is 2.93. The number of furan rings is 1. The minimum Gasteiger partial charge on any atom is -0.466 e. The van der Waals surface area contributed by atoms with Crippen LogP contribution in [0.25, 0.3) is 0 Å². The summed E-state index contributed by atoms with van der Waals surface area (Å²) in [6.07, 6.45) is -5.59. The van der Waals surface area contributed by atoms with E-state index >= 15 is 0 Å². The lowest BCUT2D eigenvalue weighted by Crippen LogP contribution is -2.50. The van der Waals surface area contributed by atoms with Gasteiger partial charge in [-0.25, -0.2) is 0 Å². The number of rotatable bonds is 6. The van der Waals surface area contributed by atoms with Crippen LogP contribution >= 0.6 is 0 Å². The number of alkyl halides is 3. The van der Waals surface area contributed by atoms with Gasteiger partial charge in [-0.1, -0.05) is 17.7 Å². The highest BCUT2D eigenvalue weighted by Gasteiger charge is 2.58. The van der Waals surface area contributed by atoms with Crippen molar-refractivity contribution in [2.24, 2.45) is 0 Å². The van der Waals surface area contributed by atoms with Crippen molar-refractivity contribution in [2.75, 3.05) is 11.9 Å². The maximum atomic E-state index is 13.3. The first kappa shape index (κ1) is 22.3. The van der Waals surface area contributed by atoms with Crippen LogP contribution in [0.3, 0.4) is 0 Å². The highest BCUT2D eigenvalue weighted by Crippen LogP contribution is 2.41. The van der Waals surface area contributed by atoms with E-state index in [9.17, 15) is 27.9 Å². The largest absolute Gasteiger partial charge is 0.466 e. The summed E-state index contributed by atoms with van der Waals surface area (Å²) in [7, 11) is 0. The average Bonchev–Trinajstić information content (AvgIpc) is 3.13. The highest BCUT2D eigenvalue weighted by molar-refractivity contribution is 5.85. The van der Waals surface area contributed by atoms with E-state index in [1.54, 1.807) is 0 Å². The van der Waals surface area contributed by atoms with Crippen molar-refractivity contribution in [1.29, 1.82) is 0 Å². The van der Waals surface area contributed by atoms with E-state index in [4.69, 9.17) is 0 Å². The Balaban J connectivity index is 1.92. The zero-order chi connectivity index (χ0) is 21.8. The summed E-state index contributed by atoms with van der Waals surface area (Å²) < 4.78 is 44.4.